The number of hydrogen-bond acceptors (Lipinski definition) is 6. The summed E-state index contributed by atoms with van der Waals surface area (Å²) in [5, 5.41) is 1.12. The van der Waals surface area contributed by atoms with E-state index in [1.54, 1.807) is 0 Å². The number of likely N-dealkylation sites (N-methyl/N-ethyl adjacent to an activating group) is 1. The fraction of sp³-hybridized carbons (Fsp3) is 0.800. The van der Waals surface area contributed by atoms with Gasteiger partial charge in [0.25, 0.3) is 0 Å². The van der Waals surface area contributed by atoms with Gasteiger partial charge >= 0.3 is 0 Å². The Morgan fingerprint density at radius 2 is 2.00 bits per heavy atom. The van der Waals surface area contributed by atoms with Crippen LogP contribution in [0.2, 0.25) is 0 Å². The molecule has 0 saturated carbocycles. The van der Waals surface area contributed by atoms with Crippen LogP contribution in [0.4, 0.5) is 5.82 Å². The molecule has 0 bridgehead atoms. The molecule has 16 heavy (non-hydrogen) atoms. The summed E-state index contributed by atoms with van der Waals surface area (Å²) in [6.45, 7) is 6.58. The van der Waals surface area contributed by atoms with Gasteiger partial charge in [-0.2, -0.15) is 8.75 Å². The molecule has 1 saturated heterocycles. The third kappa shape index (κ3) is 2.87. The predicted molar refractivity (Wildman–Crippen MR) is 70.6 cm³/mol. The van der Waals surface area contributed by atoms with Gasteiger partial charge in [-0.25, -0.2) is 0 Å². The van der Waals surface area contributed by atoms with Crippen molar-refractivity contribution in [3.8, 4) is 0 Å². The number of rotatable bonds is 4. The summed E-state index contributed by atoms with van der Waals surface area (Å²) in [7, 11) is 2.17. The van der Waals surface area contributed by atoms with Crippen LogP contribution >= 0.6 is 23.5 Å². The fourth-order valence-corrected chi connectivity index (χ4v) is 3.22. The minimum absolute atomic E-state index is 1.07. The summed E-state index contributed by atoms with van der Waals surface area (Å²) < 4.78 is 8.82. The molecule has 4 nitrogen and oxygen atoms in total. The number of anilines is 1. The first-order chi connectivity index (χ1) is 7.81. The van der Waals surface area contributed by atoms with Gasteiger partial charge in [0.15, 0.2) is 10.8 Å². The fourth-order valence-electron chi connectivity index (χ4n) is 1.68. The van der Waals surface area contributed by atoms with Gasteiger partial charge in [-0.3, -0.25) is 0 Å². The number of nitrogens with zero attached hydrogens (tertiary/aromatic N) is 4. The Labute approximate surface area is 105 Å². The van der Waals surface area contributed by atoms with Crippen molar-refractivity contribution in [3.05, 3.63) is 0 Å². The molecule has 6 heteroatoms. The molecule has 1 aliphatic rings. The van der Waals surface area contributed by atoms with Crippen LogP contribution in [0.5, 0.6) is 0 Å². The van der Waals surface area contributed by atoms with Crippen molar-refractivity contribution < 1.29 is 0 Å². The lowest BCUT2D eigenvalue weighted by Crippen LogP contribution is -2.44. The van der Waals surface area contributed by atoms with Crippen molar-refractivity contribution in [2.75, 3.05) is 43.9 Å². The van der Waals surface area contributed by atoms with Crippen LogP contribution in [-0.4, -0.2) is 52.6 Å². The molecule has 0 N–H and O–H groups in total. The molecule has 0 radical (unpaired) electrons. The van der Waals surface area contributed by atoms with Gasteiger partial charge < -0.3 is 9.80 Å². The van der Waals surface area contributed by atoms with E-state index < -0.39 is 0 Å². The lowest BCUT2D eigenvalue weighted by molar-refractivity contribution is 0.311. The number of piperazine rings is 1. The van der Waals surface area contributed by atoms with E-state index >= 15 is 0 Å². The van der Waals surface area contributed by atoms with E-state index in [0.29, 0.717) is 0 Å². The summed E-state index contributed by atoms with van der Waals surface area (Å²) in [6, 6.07) is 0. The largest absolute Gasteiger partial charge is 0.351 e. The van der Waals surface area contributed by atoms with Gasteiger partial charge in [0.1, 0.15) is 0 Å². The average Bonchev–Trinajstić information content (AvgIpc) is 2.75. The maximum atomic E-state index is 4.43. The van der Waals surface area contributed by atoms with Gasteiger partial charge in [0.2, 0.25) is 0 Å². The maximum absolute atomic E-state index is 4.43. The van der Waals surface area contributed by atoms with Gasteiger partial charge in [-0.1, -0.05) is 6.92 Å². The highest BCUT2D eigenvalue weighted by atomic mass is 32.2. The van der Waals surface area contributed by atoms with Gasteiger partial charge in [0, 0.05) is 26.2 Å². The SMILES string of the molecule is CCCSc1nsnc1N1CCN(C)CC1. The van der Waals surface area contributed by atoms with Crippen LogP contribution in [0, 0.1) is 0 Å². The lowest BCUT2D eigenvalue weighted by Gasteiger charge is -2.32. The Morgan fingerprint density at radius 1 is 1.25 bits per heavy atom. The van der Waals surface area contributed by atoms with Gasteiger partial charge in [0.05, 0.1) is 11.7 Å². The van der Waals surface area contributed by atoms with Crippen molar-refractivity contribution in [2.45, 2.75) is 18.4 Å². The number of hydrogen-bond donors (Lipinski definition) is 0. The number of thioether (sulfide) groups is 1. The summed E-state index contributed by atoms with van der Waals surface area (Å²) >= 11 is 3.16. The molecule has 2 rings (SSSR count). The van der Waals surface area contributed by atoms with Gasteiger partial charge in [-0.05, 0) is 19.2 Å². The Morgan fingerprint density at radius 3 is 2.69 bits per heavy atom. The summed E-state index contributed by atoms with van der Waals surface area (Å²) in [6.07, 6.45) is 1.18. The zero-order valence-corrected chi connectivity index (χ0v) is 11.5. The molecule has 1 aromatic heterocycles. The Hall–Kier alpha value is -0.330. The highest BCUT2D eigenvalue weighted by Crippen LogP contribution is 2.28. The van der Waals surface area contributed by atoms with Crippen LogP contribution in [0.1, 0.15) is 13.3 Å². The minimum Gasteiger partial charge on any atom is -0.351 e. The molecule has 1 aromatic rings. The van der Waals surface area contributed by atoms with E-state index in [-0.39, 0.29) is 0 Å². The molecule has 0 aliphatic carbocycles. The first-order valence-corrected chi connectivity index (χ1v) is 7.41. The first-order valence-electron chi connectivity index (χ1n) is 5.70. The Balaban J connectivity index is 1.99. The third-order valence-electron chi connectivity index (χ3n) is 2.69. The average molecular weight is 258 g/mol. The molecule has 1 aliphatic heterocycles. The van der Waals surface area contributed by atoms with Crippen molar-refractivity contribution in [1.82, 2.24) is 13.6 Å². The van der Waals surface area contributed by atoms with Crippen LogP contribution < -0.4 is 4.90 Å². The van der Waals surface area contributed by atoms with Crippen molar-refractivity contribution in [3.63, 3.8) is 0 Å². The summed E-state index contributed by atoms with van der Waals surface area (Å²) in [4.78, 5) is 4.72. The van der Waals surface area contributed by atoms with Crippen LogP contribution in [-0.2, 0) is 0 Å². The Bertz CT molecular complexity index is 320. The summed E-state index contributed by atoms with van der Waals surface area (Å²) in [5.74, 6) is 2.24. The van der Waals surface area contributed by atoms with Crippen LogP contribution in [0.25, 0.3) is 0 Å². The Kier molecular flexibility index (Phi) is 4.43. The quantitative estimate of drug-likeness (QED) is 0.769. The van der Waals surface area contributed by atoms with Crippen LogP contribution in [0.15, 0.2) is 5.03 Å². The second-order valence-electron chi connectivity index (χ2n) is 4.03. The molecular weight excluding hydrogens is 240 g/mol. The zero-order valence-electron chi connectivity index (χ0n) is 9.85. The molecule has 0 spiro atoms. The van der Waals surface area contributed by atoms with E-state index in [0.717, 1.165) is 42.8 Å². The first kappa shape index (κ1) is 12.1. The second kappa shape index (κ2) is 5.84. The zero-order chi connectivity index (χ0) is 11.4. The van der Waals surface area contributed by atoms with Crippen molar-refractivity contribution in [1.29, 1.82) is 0 Å². The van der Waals surface area contributed by atoms with E-state index in [9.17, 15) is 0 Å². The molecule has 2 heterocycles. The van der Waals surface area contributed by atoms with Crippen molar-refractivity contribution in [2.24, 2.45) is 0 Å². The van der Waals surface area contributed by atoms with Crippen LogP contribution in [0.3, 0.4) is 0 Å². The van der Waals surface area contributed by atoms with Gasteiger partial charge in [-0.15, -0.1) is 11.8 Å². The molecule has 0 unspecified atom stereocenters. The highest BCUT2D eigenvalue weighted by molar-refractivity contribution is 7.99. The van der Waals surface area contributed by atoms with E-state index in [2.05, 4.69) is 32.5 Å². The monoisotopic (exact) mass is 258 g/mol. The van der Waals surface area contributed by atoms with Crippen molar-refractivity contribution >= 4 is 29.3 Å². The highest BCUT2D eigenvalue weighted by Gasteiger charge is 2.20. The molecular formula is C10H18N4S2. The van der Waals surface area contributed by atoms with E-state index in [1.807, 2.05) is 11.8 Å². The topological polar surface area (TPSA) is 32.3 Å². The molecule has 1 fully saturated rings. The second-order valence-corrected chi connectivity index (χ2v) is 5.64. The lowest BCUT2D eigenvalue weighted by atomic mass is 10.3. The predicted octanol–water partition coefficient (Wildman–Crippen LogP) is 1.79. The third-order valence-corrected chi connectivity index (χ3v) is 4.48. The molecule has 0 amide bonds. The molecule has 0 aromatic carbocycles. The smallest absolute Gasteiger partial charge is 0.176 e. The standard InChI is InChI=1S/C10H18N4S2/c1-3-8-15-10-9(11-16-12-10)14-6-4-13(2)5-7-14/h3-8H2,1-2H3. The van der Waals surface area contributed by atoms with E-state index in [4.69, 9.17) is 0 Å². The minimum atomic E-state index is 1.07. The summed E-state index contributed by atoms with van der Waals surface area (Å²) in [5.41, 5.74) is 0. The molecule has 90 valence electrons. The maximum Gasteiger partial charge on any atom is 0.176 e. The van der Waals surface area contributed by atoms with E-state index in [1.165, 1.54) is 18.1 Å². The normalized spacial score (nSPS) is 18.0. The number of aromatic nitrogens is 2. The molecule has 0 atom stereocenters.